The average molecular weight is 292 g/mol. The molecule has 108 valence electrons. The van der Waals surface area contributed by atoms with Crippen molar-refractivity contribution < 1.29 is 4.79 Å². The molecule has 1 aromatic carbocycles. The van der Waals surface area contributed by atoms with Crippen molar-refractivity contribution in [2.75, 3.05) is 23.7 Å². The third kappa shape index (κ3) is 3.01. The lowest BCUT2D eigenvalue weighted by atomic mass is 10.2. The lowest BCUT2D eigenvalue weighted by Crippen LogP contribution is -2.40. The average Bonchev–Trinajstić information content (AvgIpc) is 2.85. The lowest BCUT2D eigenvalue weighted by molar-refractivity contribution is -0.120. The molecule has 0 unspecified atom stereocenters. The van der Waals surface area contributed by atoms with Crippen molar-refractivity contribution in [1.82, 2.24) is 10.3 Å². The number of benzene rings is 1. The van der Waals surface area contributed by atoms with Crippen LogP contribution in [0.5, 0.6) is 0 Å². The summed E-state index contributed by atoms with van der Waals surface area (Å²) >= 11 is 1.56. The van der Waals surface area contributed by atoms with E-state index in [9.17, 15) is 4.79 Å². The number of carbonyl (C=O) groups excluding carboxylic acids is 1. The monoisotopic (exact) mass is 292 g/mol. The molecule has 20 heavy (non-hydrogen) atoms. The molecule has 6 heteroatoms. The van der Waals surface area contributed by atoms with Crippen molar-refractivity contribution in [3.63, 3.8) is 0 Å². The number of likely N-dealkylation sites (N-methyl/N-ethyl adjacent to an activating group) is 1. The number of anilines is 2. The van der Waals surface area contributed by atoms with Crippen molar-refractivity contribution in [2.24, 2.45) is 0 Å². The Morgan fingerprint density at radius 1 is 1.50 bits per heavy atom. The molecule has 1 aromatic heterocycles. The predicted molar refractivity (Wildman–Crippen MR) is 85.2 cm³/mol. The molecule has 1 amide bonds. The van der Waals surface area contributed by atoms with Gasteiger partial charge in [-0.1, -0.05) is 0 Å². The number of aromatic nitrogens is 1. The van der Waals surface area contributed by atoms with Crippen LogP contribution in [0.25, 0.3) is 10.2 Å². The standard InChI is InChI=1S/C14H20N4OS/c1-4-18(7-12(19)17-9(2)3)10-5-6-11-14(13(10)15)16-8-20-11/h5-6,8-9H,4,7,15H2,1-3H3,(H,17,19). The summed E-state index contributed by atoms with van der Waals surface area (Å²) < 4.78 is 1.06. The highest BCUT2D eigenvalue weighted by molar-refractivity contribution is 7.16. The van der Waals surface area contributed by atoms with Crippen molar-refractivity contribution in [3.05, 3.63) is 17.6 Å². The highest BCUT2D eigenvalue weighted by Gasteiger charge is 2.15. The summed E-state index contributed by atoms with van der Waals surface area (Å²) in [6, 6.07) is 4.10. The molecule has 0 aliphatic rings. The molecular weight excluding hydrogens is 272 g/mol. The van der Waals surface area contributed by atoms with Gasteiger partial charge in [-0.05, 0) is 32.9 Å². The van der Waals surface area contributed by atoms with Gasteiger partial charge in [0, 0.05) is 12.6 Å². The van der Waals surface area contributed by atoms with E-state index < -0.39 is 0 Å². The van der Waals surface area contributed by atoms with Crippen LogP contribution in [-0.2, 0) is 4.79 Å². The summed E-state index contributed by atoms with van der Waals surface area (Å²) in [7, 11) is 0. The second kappa shape index (κ2) is 6.09. The zero-order valence-corrected chi connectivity index (χ0v) is 12.8. The second-order valence-electron chi connectivity index (χ2n) is 4.93. The van der Waals surface area contributed by atoms with Gasteiger partial charge in [0.15, 0.2) is 0 Å². The summed E-state index contributed by atoms with van der Waals surface area (Å²) in [5, 5.41) is 2.89. The SMILES string of the molecule is CCN(CC(=O)NC(C)C)c1ccc2scnc2c1N. The van der Waals surface area contributed by atoms with Gasteiger partial charge in [-0.25, -0.2) is 4.98 Å². The number of rotatable bonds is 5. The Labute approximate surface area is 122 Å². The number of thiazole rings is 1. The number of fused-ring (bicyclic) bond motifs is 1. The van der Waals surface area contributed by atoms with E-state index in [0.717, 1.165) is 15.9 Å². The second-order valence-corrected chi connectivity index (χ2v) is 5.82. The van der Waals surface area contributed by atoms with Gasteiger partial charge in [0.25, 0.3) is 0 Å². The van der Waals surface area contributed by atoms with E-state index in [2.05, 4.69) is 10.3 Å². The molecular formula is C14H20N4OS. The van der Waals surface area contributed by atoms with Gasteiger partial charge in [0.05, 0.1) is 28.1 Å². The smallest absolute Gasteiger partial charge is 0.239 e. The van der Waals surface area contributed by atoms with Crippen molar-refractivity contribution in [1.29, 1.82) is 0 Å². The third-order valence-electron chi connectivity index (χ3n) is 3.03. The predicted octanol–water partition coefficient (Wildman–Crippen LogP) is 2.23. The Morgan fingerprint density at radius 3 is 2.90 bits per heavy atom. The molecule has 0 saturated carbocycles. The maximum absolute atomic E-state index is 11.9. The van der Waals surface area contributed by atoms with Gasteiger partial charge in [-0.2, -0.15) is 0 Å². The number of hydrogen-bond donors (Lipinski definition) is 2. The molecule has 2 aromatic rings. The molecule has 1 heterocycles. The van der Waals surface area contributed by atoms with E-state index in [1.807, 2.05) is 37.8 Å². The number of nitrogen functional groups attached to an aromatic ring is 1. The lowest BCUT2D eigenvalue weighted by Gasteiger charge is -2.24. The van der Waals surface area contributed by atoms with E-state index in [0.29, 0.717) is 18.8 Å². The van der Waals surface area contributed by atoms with Crippen molar-refractivity contribution in [3.8, 4) is 0 Å². The van der Waals surface area contributed by atoms with Gasteiger partial charge in [0.2, 0.25) is 5.91 Å². The van der Waals surface area contributed by atoms with Crippen LogP contribution in [0.1, 0.15) is 20.8 Å². The first kappa shape index (κ1) is 14.6. The Morgan fingerprint density at radius 2 is 2.25 bits per heavy atom. The highest BCUT2D eigenvalue weighted by atomic mass is 32.1. The number of carbonyl (C=O) groups is 1. The third-order valence-corrected chi connectivity index (χ3v) is 3.82. The quantitative estimate of drug-likeness (QED) is 0.829. The molecule has 0 radical (unpaired) electrons. The van der Waals surface area contributed by atoms with Crippen molar-refractivity contribution >= 4 is 38.8 Å². The highest BCUT2D eigenvalue weighted by Crippen LogP contribution is 2.32. The maximum Gasteiger partial charge on any atom is 0.239 e. The zero-order valence-electron chi connectivity index (χ0n) is 12.0. The number of nitrogens with zero attached hydrogens (tertiary/aromatic N) is 2. The van der Waals surface area contributed by atoms with E-state index in [1.165, 1.54) is 0 Å². The minimum Gasteiger partial charge on any atom is -0.395 e. The fourth-order valence-corrected chi connectivity index (χ4v) is 2.82. The summed E-state index contributed by atoms with van der Waals surface area (Å²) in [6.45, 7) is 6.92. The fraction of sp³-hybridized carbons (Fsp3) is 0.429. The molecule has 0 atom stereocenters. The van der Waals surface area contributed by atoms with Crippen LogP contribution in [0.2, 0.25) is 0 Å². The molecule has 0 aliphatic heterocycles. The van der Waals surface area contributed by atoms with Crippen LogP contribution < -0.4 is 16.0 Å². The minimum absolute atomic E-state index is 0.000347. The van der Waals surface area contributed by atoms with Crippen molar-refractivity contribution in [2.45, 2.75) is 26.8 Å². The van der Waals surface area contributed by atoms with Gasteiger partial charge in [-0.15, -0.1) is 11.3 Å². The normalized spacial score (nSPS) is 11.0. The van der Waals surface area contributed by atoms with Gasteiger partial charge >= 0.3 is 0 Å². The maximum atomic E-state index is 11.9. The fourth-order valence-electron chi connectivity index (χ4n) is 2.13. The number of nitrogens with one attached hydrogen (secondary N) is 1. The van der Waals surface area contributed by atoms with Crippen LogP contribution in [0, 0.1) is 0 Å². The number of amides is 1. The summed E-state index contributed by atoms with van der Waals surface area (Å²) in [5.41, 5.74) is 10.3. The molecule has 5 nitrogen and oxygen atoms in total. The summed E-state index contributed by atoms with van der Waals surface area (Å²) in [5.74, 6) is -0.000347. The Balaban J connectivity index is 2.25. The molecule has 0 aliphatic carbocycles. The number of nitrogens with two attached hydrogens (primary N) is 1. The first-order chi connectivity index (χ1) is 9.52. The minimum atomic E-state index is -0.000347. The van der Waals surface area contributed by atoms with Gasteiger partial charge in [-0.3, -0.25) is 4.79 Å². The zero-order chi connectivity index (χ0) is 14.7. The van der Waals surface area contributed by atoms with Crippen LogP contribution in [0.4, 0.5) is 11.4 Å². The Bertz CT molecular complexity index is 608. The molecule has 0 fully saturated rings. The molecule has 0 spiro atoms. The van der Waals surface area contributed by atoms with E-state index >= 15 is 0 Å². The van der Waals surface area contributed by atoms with Crippen LogP contribution in [0.15, 0.2) is 17.6 Å². The first-order valence-electron chi connectivity index (χ1n) is 6.69. The van der Waals surface area contributed by atoms with E-state index in [1.54, 1.807) is 16.8 Å². The summed E-state index contributed by atoms with van der Waals surface area (Å²) in [4.78, 5) is 18.2. The summed E-state index contributed by atoms with van der Waals surface area (Å²) in [6.07, 6.45) is 0. The van der Waals surface area contributed by atoms with E-state index in [4.69, 9.17) is 5.73 Å². The number of hydrogen-bond acceptors (Lipinski definition) is 5. The van der Waals surface area contributed by atoms with E-state index in [-0.39, 0.29) is 11.9 Å². The molecule has 2 rings (SSSR count). The molecule has 0 saturated heterocycles. The van der Waals surface area contributed by atoms with Crippen LogP contribution in [-0.4, -0.2) is 30.0 Å². The largest absolute Gasteiger partial charge is 0.395 e. The molecule has 0 bridgehead atoms. The van der Waals surface area contributed by atoms with Gasteiger partial charge in [0.1, 0.15) is 5.52 Å². The Kier molecular flexibility index (Phi) is 4.44. The van der Waals surface area contributed by atoms with Gasteiger partial charge < -0.3 is 16.0 Å². The molecule has 3 N–H and O–H groups in total. The Hall–Kier alpha value is -1.82. The topological polar surface area (TPSA) is 71.2 Å². The van der Waals surface area contributed by atoms with Crippen LogP contribution in [0.3, 0.4) is 0 Å². The first-order valence-corrected chi connectivity index (χ1v) is 7.56. The van der Waals surface area contributed by atoms with Crippen LogP contribution >= 0.6 is 11.3 Å².